The molecule has 0 unspecified atom stereocenters. The molecule has 4 fully saturated rings. The minimum atomic E-state index is -4.94. The molecule has 2 saturated heterocycles. The Morgan fingerprint density at radius 2 is 1.13 bits per heavy atom. The summed E-state index contributed by atoms with van der Waals surface area (Å²) >= 11 is 12.4. The Morgan fingerprint density at radius 1 is 0.667 bits per heavy atom. The number of nitrogens with one attached hydrogen (secondary N) is 2. The Labute approximate surface area is 349 Å². The van der Waals surface area contributed by atoms with E-state index >= 15 is 0 Å². The summed E-state index contributed by atoms with van der Waals surface area (Å²) in [5.41, 5.74) is 1.49. The van der Waals surface area contributed by atoms with Crippen LogP contribution in [0.15, 0.2) is 42.5 Å². The predicted molar refractivity (Wildman–Crippen MR) is 202 cm³/mol. The SMILES string of the molecule is O=C(O)[C@@H]1[C@@H](Cc2ccc(Cl)cc2)C(=O)N1C(=O)N[C@@H](C1CCC(c2ccc(C[C@H]3C(=O)N(C(=O)N[C@@H](C4CCCCC4)C(F)(F)F)[C@@H]3C(=O)O)c(Cl)c2)CC1)C(F)(F)F. The number of carbonyl (C=O) groups is 6. The third-order valence-electron chi connectivity index (χ3n) is 12.4. The number of hydrogen-bond donors (Lipinski definition) is 4. The summed E-state index contributed by atoms with van der Waals surface area (Å²) in [6.45, 7) is 0. The van der Waals surface area contributed by atoms with E-state index in [9.17, 15) is 65.3 Å². The van der Waals surface area contributed by atoms with Gasteiger partial charge in [-0.2, -0.15) is 26.3 Å². The van der Waals surface area contributed by atoms with E-state index in [1.165, 1.54) is 24.3 Å². The van der Waals surface area contributed by atoms with Gasteiger partial charge in [-0.25, -0.2) is 29.0 Å². The molecule has 4 N–H and O–H groups in total. The lowest BCUT2D eigenvalue weighted by molar-refractivity contribution is -0.173. The van der Waals surface area contributed by atoms with Gasteiger partial charge in [0.25, 0.3) is 0 Å². The first kappa shape index (κ1) is 45.0. The highest BCUT2D eigenvalue weighted by Crippen LogP contribution is 2.43. The summed E-state index contributed by atoms with van der Waals surface area (Å²) in [5, 5.41) is 23.9. The molecule has 20 heteroatoms. The molecule has 326 valence electrons. The van der Waals surface area contributed by atoms with E-state index < -0.39 is 96.0 Å². The van der Waals surface area contributed by atoms with Crippen molar-refractivity contribution in [2.75, 3.05) is 0 Å². The molecule has 2 aliphatic carbocycles. The summed E-state index contributed by atoms with van der Waals surface area (Å²) in [6, 6.07) is -0.0907. The summed E-state index contributed by atoms with van der Waals surface area (Å²) < 4.78 is 85.1. The first-order valence-corrected chi connectivity index (χ1v) is 20.3. The third-order valence-corrected chi connectivity index (χ3v) is 13.0. The van der Waals surface area contributed by atoms with Crippen molar-refractivity contribution in [2.24, 2.45) is 23.7 Å². The number of likely N-dealkylation sites (tertiary alicyclic amines) is 2. The molecule has 0 aromatic heterocycles. The number of hydrogen-bond acceptors (Lipinski definition) is 6. The van der Waals surface area contributed by atoms with Gasteiger partial charge in [0.05, 0.1) is 11.8 Å². The minimum absolute atomic E-state index is 0.0191. The molecular formula is C40H42Cl2F6N4O8. The van der Waals surface area contributed by atoms with Crippen LogP contribution in [0.2, 0.25) is 10.0 Å². The Hall–Kier alpha value is -4.58. The van der Waals surface area contributed by atoms with Gasteiger partial charge < -0.3 is 20.8 Å². The van der Waals surface area contributed by atoms with Crippen molar-refractivity contribution in [1.29, 1.82) is 0 Å². The molecule has 2 aliphatic heterocycles. The number of alkyl halides is 6. The highest BCUT2D eigenvalue weighted by atomic mass is 35.5. The van der Waals surface area contributed by atoms with Gasteiger partial charge in [-0.05, 0) is 104 Å². The lowest BCUT2D eigenvalue weighted by Crippen LogP contribution is -2.70. The largest absolute Gasteiger partial charge is 0.480 e. The van der Waals surface area contributed by atoms with Gasteiger partial charge in [-0.1, -0.05) is 66.7 Å². The van der Waals surface area contributed by atoms with Crippen molar-refractivity contribution >= 4 is 59.0 Å². The minimum Gasteiger partial charge on any atom is -0.480 e. The van der Waals surface area contributed by atoms with E-state index in [0.29, 0.717) is 39.5 Å². The first-order valence-electron chi connectivity index (χ1n) is 19.6. The second-order valence-corrected chi connectivity index (χ2v) is 16.9. The second kappa shape index (κ2) is 17.8. The lowest BCUT2D eigenvalue weighted by Gasteiger charge is -2.44. The zero-order chi connectivity index (χ0) is 43.8. The Bertz CT molecular complexity index is 1990. The van der Waals surface area contributed by atoms with Crippen LogP contribution in [0.25, 0.3) is 0 Å². The summed E-state index contributed by atoms with van der Waals surface area (Å²) in [5.74, 6) is -9.85. The van der Waals surface area contributed by atoms with Crippen LogP contribution in [0.1, 0.15) is 80.4 Å². The van der Waals surface area contributed by atoms with Crippen LogP contribution in [0.4, 0.5) is 35.9 Å². The molecule has 6 rings (SSSR count). The van der Waals surface area contributed by atoms with Gasteiger partial charge in [-0.3, -0.25) is 9.59 Å². The fourth-order valence-corrected chi connectivity index (χ4v) is 9.59. The van der Waals surface area contributed by atoms with E-state index in [1.807, 2.05) is 10.6 Å². The van der Waals surface area contributed by atoms with Crippen LogP contribution in [0.5, 0.6) is 0 Å². The molecule has 12 nitrogen and oxygen atoms in total. The smallest absolute Gasteiger partial charge is 0.408 e. The van der Waals surface area contributed by atoms with Crippen LogP contribution in [-0.4, -0.2) is 92.3 Å². The van der Waals surface area contributed by atoms with Gasteiger partial charge in [0.15, 0.2) is 12.1 Å². The number of amides is 6. The molecule has 0 radical (unpaired) electrons. The van der Waals surface area contributed by atoms with Crippen LogP contribution in [0.3, 0.4) is 0 Å². The zero-order valence-corrected chi connectivity index (χ0v) is 33.3. The summed E-state index contributed by atoms with van der Waals surface area (Å²) in [6.07, 6.45) is -7.39. The number of rotatable bonds is 11. The molecule has 2 aromatic rings. The number of halogens is 8. The molecule has 2 saturated carbocycles. The number of β-lactam (4-membered cyclic amide) rings is 2. The number of nitrogens with zero attached hydrogens (tertiary/aromatic N) is 2. The van der Waals surface area contributed by atoms with Gasteiger partial charge in [0.2, 0.25) is 11.8 Å². The van der Waals surface area contributed by atoms with Crippen molar-refractivity contribution in [3.05, 3.63) is 69.2 Å². The molecule has 2 heterocycles. The second-order valence-electron chi connectivity index (χ2n) is 16.0. The van der Waals surface area contributed by atoms with Gasteiger partial charge in [0.1, 0.15) is 12.1 Å². The predicted octanol–water partition coefficient (Wildman–Crippen LogP) is 7.74. The van der Waals surface area contributed by atoms with E-state index in [0.717, 1.165) is 6.42 Å². The molecule has 60 heavy (non-hydrogen) atoms. The van der Waals surface area contributed by atoms with Gasteiger partial charge >= 0.3 is 36.4 Å². The van der Waals surface area contributed by atoms with E-state index in [-0.39, 0.29) is 67.2 Å². The molecule has 6 amide bonds. The van der Waals surface area contributed by atoms with E-state index in [1.54, 1.807) is 18.2 Å². The van der Waals surface area contributed by atoms with E-state index in [2.05, 4.69) is 0 Å². The summed E-state index contributed by atoms with van der Waals surface area (Å²) in [7, 11) is 0. The van der Waals surface area contributed by atoms with Crippen molar-refractivity contribution in [3.8, 4) is 0 Å². The van der Waals surface area contributed by atoms with E-state index in [4.69, 9.17) is 23.2 Å². The van der Waals surface area contributed by atoms with Crippen molar-refractivity contribution in [3.63, 3.8) is 0 Å². The monoisotopic (exact) mass is 890 g/mol. The number of carbonyl (C=O) groups excluding carboxylic acids is 4. The van der Waals surface area contributed by atoms with Gasteiger partial charge in [0, 0.05) is 10.0 Å². The van der Waals surface area contributed by atoms with Crippen LogP contribution >= 0.6 is 23.2 Å². The van der Waals surface area contributed by atoms with Crippen molar-refractivity contribution < 1.29 is 65.3 Å². The standard InChI is InChI=1S/C40H42Cl2F6N4O8/c41-25-14-6-19(7-15-25)16-26-29(35(55)56)51(33(26)53)38(60)50-32(40(46,47)48)22-10-8-20(9-11-22)23-12-13-24(28(42)18-23)17-27-30(36(57)58)52(34(27)54)37(59)49-31(39(43,44)45)21-4-2-1-3-5-21/h6-7,12-15,18,20-22,26-27,29-32H,1-5,8-11,16-17H2,(H,49,59)(H,50,60)(H,55,56)(H,57,58)/t20?,22?,26-,27-,29+,30+,31+,32+/m1/s1. The maximum atomic E-state index is 14.4. The Balaban J connectivity index is 1.06. The van der Waals surface area contributed by atoms with Crippen LogP contribution in [0, 0.1) is 23.7 Å². The number of benzene rings is 2. The number of urea groups is 2. The quantitative estimate of drug-likeness (QED) is 0.131. The number of aliphatic carboxylic acids is 2. The normalized spacial score (nSPS) is 26.1. The summed E-state index contributed by atoms with van der Waals surface area (Å²) in [4.78, 5) is 76.9. The highest BCUT2D eigenvalue weighted by molar-refractivity contribution is 6.31. The fourth-order valence-electron chi connectivity index (χ4n) is 9.20. The van der Waals surface area contributed by atoms with Gasteiger partial charge in [-0.15, -0.1) is 0 Å². The average Bonchev–Trinajstić information content (AvgIpc) is 3.18. The molecule has 4 aliphatic rings. The zero-order valence-electron chi connectivity index (χ0n) is 31.8. The molecule has 0 spiro atoms. The van der Waals surface area contributed by atoms with Crippen LogP contribution < -0.4 is 10.6 Å². The van der Waals surface area contributed by atoms with Crippen LogP contribution in [-0.2, 0) is 32.0 Å². The topological polar surface area (TPSA) is 173 Å². The molecular weight excluding hydrogens is 849 g/mol. The number of carboxylic acids is 2. The maximum Gasteiger partial charge on any atom is 0.408 e. The fraction of sp³-hybridized carbons (Fsp3) is 0.550. The Kier molecular flexibility index (Phi) is 13.3. The number of carboxylic acid groups (broad SMARTS) is 2. The Morgan fingerprint density at radius 3 is 1.58 bits per heavy atom. The molecule has 2 aromatic carbocycles. The molecule has 0 bridgehead atoms. The lowest BCUT2D eigenvalue weighted by atomic mass is 9.75. The maximum absolute atomic E-state index is 14.4. The third kappa shape index (κ3) is 9.48. The van der Waals surface area contributed by atoms with Crippen molar-refractivity contribution in [1.82, 2.24) is 20.4 Å². The number of imide groups is 2. The average molecular weight is 892 g/mol. The van der Waals surface area contributed by atoms with Crippen molar-refractivity contribution in [2.45, 2.75) is 113 Å². The molecule has 6 atom stereocenters. The first-order chi connectivity index (χ1) is 28.2. The highest BCUT2D eigenvalue weighted by Gasteiger charge is 2.58.